The molecule has 1 N–H and O–H groups in total. The van der Waals surface area contributed by atoms with Gasteiger partial charge < -0.3 is 14.9 Å². The van der Waals surface area contributed by atoms with E-state index in [9.17, 15) is 19.5 Å². The number of aliphatic carboxylic acids is 1. The molecule has 2 heterocycles. The van der Waals surface area contributed by atoms with Gasteiger partial charge in [0.15, 0.2) is 0 Å². The zero-order chi connectivity index (χ0) is 15.2. The van der Waals surface area contributed by atoms with Crippen molar-refractivity contribution in [3.63, 3.8) is 0 Å². The van der Waals surface area contributed by atoms with Gasteiger partial charge in [0.1, 0.15) is 5.41 Å². The summed E-state index contributed by atoms with van der Waals surface area (Å²) in [5, 5.41) is 9.64. The Bertz CT molecular complexity index is 514. The van der Waals surface area contributed by atoms with Crippen LogP contribution >= 0.6 is 0 Å². The molecule has 0 aromatic rings. The summed E-state index contributed by atoms with van der Waals surface area (Å²) in [6.07, 6.45) is 4.43. The normalized spacial score (nSPS) is 32.0. The quantitative estimate of drug-likeness (QED) is 0.758. The third-order valence-corrected chi connectivity index (χ3v) is 5.17. The molecule has 0 radical (unpaired) electrons. The smallest absolute Gasteiger partial charge is 0.314 e. The van der Waals surface area contributed by atoms with Gasteiger partial charge in [0.05, 0.1) is 5.92 Å². The summed E-state index contributed by atoms with van der Waals surface area (Å²) in [7, 11) is 0. The highest BCUT2D eigenvalue weighted by atomic mass is 16.4. The molecule has 3 rings (SSSR count). The van der Waals surface area contributed by atoms with Crippen LogP contribution in [0.25, 0.3) is 0 Å². The molecule has 0 aromatic heterocycles. The van der Waals surface area contributed by atoms with Crippen LogP contribution in [0.5, 0.6) is 0 Å². The summed E-state index contributed by atoms with van der Waals surface area (Å²) in [5.41, 5.74) is -1.14. The first-order valence-corrected chi connectivity index (χ1v) is 7.41. The second kappa shape index (κ2) is 4.86. The van der Waals surface area contributed by atoms with Crippen LogP contribution in [0.1, 0.15) is 19.3 Å². The maximum Gasteiger partial charge on any atom is 0.314 e. The van der Waals surface area contributed by atoms with Crippen LogP contribution in [-0.4, -0.2) is 58.9 Å². The number of hydrogen-bond donors (Lipinski definition) is 1. The molecule has 3 fully saturated rings. The molecule has 114 valence electrons. The van der Waals surface area contributed by atoms with Gasteiger partial charge in [-0.25, -0.2) is 0 Å². The number of carbonyl (C=O) groups is 3. The van der Waals surface area contributed by atoms with E-state index in [0.29, 0.717) is 6.54 Å². The highest BCUT2D eigenvalue weighted by Gasteiger charge is 2.62. The van der Waals surface area contributed by atoms with Crippen LogP contribution in [0.3, 0.4) is 0 Å². The fraction of sp³-hybridized carbons (Fsp3) is 0.667. The maximum absolute atomic E-state index is 12.4. The van der Waals surface area contributed by atoms with Crippen LogP contribution in [0, 0.1) is 17.3 Å². The zero-order valence-corrected chi connectivity index (χ0v) is 12.0. The summed E-state index contributed by atoms with van der Waals surface area (Å²) in [6.45, 7) is 4.53. The van der Waals surface area contributed by atoms with E-state index in [0.717, 1.165) is 19.3 Å². The lowest BCUT2D eigenvalue weighted by molar-refractivity contribution is -0.150. The molecule has 2 aliphatic heterocycles. The fourth-order valence-corrected chi connectivity index (χ4v) is 3.70. The van der Waals surface area contributed by atoms with E-state index in [1.54, 1.807) is 11.0 Å². The predicted octanol–water partition coefficient (Wildman–Crippen LogP) is 0.344. The Morgan fingerprint density at radius 1 is 1.38 bits per heavy atom. The van der Waals surface area contributed by atoms with Crippen LogP contribution in [0.2, 0.25) is 0 Å². The first-order valence-electron chi connectivity index (χ1n) is 7.41. The SMILES string of the molecule is C=CCN1C[C@]2(C(=O)O)CN(C(=O)C3CCC3)C[C@@H]2C1=O. The largest absolute Gasteiger partial charge is 0.481 e. The van der Waals surface area contributed by atoms with Crippen molar-refractivity contribution in [2.45, 2.75) is 19.3 Å². The summed E-state index contributed by atoms with van der Waals surface area (Å²) in [6, 6.07) is 0. The fourth-order valence-electron chi connectivity index (χ4n) is 3.70. The van der Waals surface area contributed by atoms with E-state index in [4.69, 9.17) is 0 Å². The first kappa shape index (κ1) is 14.1. The van der Waals surface area contributed by atoms with Crippen molar-refractivity contribution >= 4 is 17.8 Å². The van der Waals surface area contributed by atoms with Crippen molar-refractivity contribution in [3.05, 3.63) is 12.7 Å². The topological polar surface area (TPSA) is 77.9 Å². The molecular weight excluding hydrogens is 272 g/mol. The molecule has 3 aliphatic rings. The number of likely N-dealkylation sites (tertiary alicyclic amines) is 2. The summed E-state index contributed by atoms with van der Waals surface area (Å²) in [5.74, 6) is -1.69. The van der Waals surface area contributed by atoms with Crippen molar-refractivity contribution in [2.24, 2.45) is 17.3 Å². The molecule has 1 aliphatic carbocycles. The Balaban J connectivity index is 1.81. The van der Waals surface area contributed by atoms with Gasteiger partial charge in [-0.3, -0.25) is 14.4 Å². The number of hydrogen-bond acceptors (Lipinski definition) is 3. The summed E-state index contributed by atoms with van der Waals surface area (Å²) in [4.78, 5) is 39.6. The third-order valence-electron chi connectivity index (χ3n) is 5.17. The summed E-state index contributed by atoms with van der Waals surface area (Å²) >= 11 is 0. The minimum Gasteiger partial charge on any atom is -0.481 e. The van der Waals surface area contributed by atoms with Gasteiger partial charge >= 0.3 is 5.97 Å². The van der Waals surface area contributed by atoms with Gasteiger partial charge in [-0.2, -0.15) is 0 Å². The Morgan fingerprint density at radius 2 is 2.10 bits per heavy atom. The monoisotopic (exact) mass is 292 g/mol. The molecule has 0 unspecified atom stereocenters. The molecule has 0 bridgehead atoms. The number of rotatable bonds is 4. The molecule has 6 nitrogen and oxygen atoms in total. The van der Waals surface area contributed by atoms with E-state index < -0.39 is 17.3 Å². The molecule has 21 heavy (non-hydrogen) atoms. The standard InChI is InChI=1S/C15H20N2O4/c1-2-6-16-8-15(14(20)21)9-17(7-11(15)13(16)19)12(18)10-4-3-5-10/h2,10-11H,1,3-9H2,(H,20,21)/t11-,15+/m1/s1. The van der Waals surface area contributed by atoms with E-state index >= 15 is 0 Å². The average molecular weight is 292 g/mol. The second-order valence-electron chi connectivity index (χ2n) is 6.37. The van der Waals surface area contributed by atoms with Gasteiger partial charge in [0.25, 0.3) is 0 Å². The first-order chi connectivity index (χ1) is 9.99. The molecule has 2 atom stereocenters. The van der Waals surface area contributed by atoms with Crippen LogP contribution in [-0.2, 0) is 14.4 Å². The maximum atomic E-state index is 12.4. The lowest BCUT2D eigenvalue weighted by Crippen LogP contribution is -2.44. The van der Waals surface area contributed by atoms with E-state index in [-0.39, 0.29) is 37.4 Å². The number of carboxylic acids is 1. The Kier molecular flexibility index (Phi) is 3.26. The van der Waals surface area contributed by atoms with Crippen LogP contribution < -0.4 is 0 Å². The molecule has 0 spiro atoms. The third kappa shape index (κ3) is 1.96. The molecule has 2 saturated heterocycles. The van der Waals surface area contributed by atoms with Crippen LogP contribution in [0.4, 0.5) is 0 Å². The van der Waals surface area contributed by atoms with Gasteiger partial charge in [-0.15, -0.1) is 6.58 Å². The Labute approximate surface area is 123 Å². The van der Waals surface area contributed by atoms with E-state index in [2.05, 4.69) is 6.58 Å². The molecule has 6 heteroatoms. The van der Waals surface area contributed by atoms with Crippen molar-refractivity contribution in [2.75, 3.05) is 26.2 Å². The lowest BCUT2D eigenvalue weighted by Gasteiger charge is -2.31. The van der Waals surface area contributed by atoms with Gasteiger partial charge in [-0.05, 0) is 12.8 Å². The lowest BCUT2D eigenvalue weighted by atomic mass is 9.81. The summed E-state index contributed by atoms with van der Waals surface area (Å²) < 4.78 is 0. The highest BCUT2D eigenvalue weighted by Crippen LogP contribution is 2.44. The number of carbonyl (C=O) groups excluding carboxylic acids is 2. The molecular formula is C15H20N2O4. The Hall–Kier alpha value is -1.85. The molecule has 0 aromatic carbocycles. The minimum atomic E-state index is -1.14. The van der Waals surface area contributed by atoms with Crippen molar-refractivity contribution in [1.82, 2.24) is 9.80 Å². The Morgan fingerprint density at radius 3 is 2.57 bits per heavy atom. The van der Waals surface area contributed by atoms with E-state index in [1.807, 2.05) is 0 Å². The van der Waals surface area contributed by atoms with Crippen molar-refractivity contribution < 1.29 is 19.5 Å². The van der Waals surface area contributed by atoms with Crippen molar-refractivity contribution in [1.29, 1.82) is 0 Å². The zero-order valence-electron chi connectivity index (χ0n) is 12.0. The van der Waals surface area contributed by atoms with Gasteiger partial charge in [-0.1, -0.05) is 12.5 Å². The number of amides is 2. The molecule has 1 saturated carbocycles. The number of fused-ring (bicyclic) bond motifs is 1. The predicted molar refractivity (Wildman–Crippen MR) is 74.3 cm³/mol. The average Bonchev–Trinajstić information content (AvgIpc) is 2.86. The molecule has 2 amide bonds. The highest BCUT2D eigenvalue weighted by molar-refractivity contribution is 5.94. The van der Waals surface area contributed by atoms with E-state index in [1.165, 1.54) is 4.90 Å². The second-order valence-corrected chi connectivity index (χ2v) is 6.37. The van der Waals surface area contributed by atoms with Gasteiger partial charge in [0.2, 0.25) is 11.8 Å². The van der Waals surface area contributed by atoms with Gasteiger partial charge in [0, 0.05) is 32.1 Å². The van der Waals surface area contributed by atoms with Crippen LogP contribution in [0.15, 0.2) is 12.7 Å². The van der Waals surface area contributed by atoms with Crippen molar-refractivity contribution in [3.8, 4) is 0 Å². The number of carboxylic acid groups (broad SMARTS) is 1. The minimum absolute atomic E-state index is 0.0272. The number of nitrogens with zero attached hydrogens (tertiary/aromatic N) is 2.